The fourth-order valence-corrected chi connectivity index (χ4v) is 3.69. The molecular weight excluding hydrogens is 329 g/mol. The van der Waals surface area contributed by atoms with Gasteiger partial charge in [0.2, 0.25) is 5.91 Å². The fourth-order valence-electron chi connectivity index (χ4n) is 2.82. The number of amides is 1. The van der Waals surface area contributed by atoms with Crippen molar-refractivity contribution >= 4 is 42.1 Å². The molecule has 0 radical (unpaired) electrons. The van der Waals surface area contributed by atoms with Crippen LogP contribution in [0.1, 0.15) is 48.2 Å². The molecule has 2 unspecified atom stereocenters. The Kier molecular flexibility index (Phi) is 8.18. The molecule has 1 aromatic rings. The van der Waals surface area contributed by atoms with Gasteiger partial charge in [0.1, 0.15) is 0 Å². The highest BCUT2D eigenvalue weighted by Crippen LogP contribution is 2.31. The van der Waals surface area contributed by atoms with E-state index in [2.05, 4.69) is 10.3 Å². The topological polar surface area (TPSA) is 68.0 Å². The van der Waals surface area contributed by atoms with Crippen molar-refractivity contribution < 1.29 is 4.79 Å². The first kappa shape index (κ1) is 20.6. The number of aryl methyl sites for hydroxylation is 2. The van der Waals surface area contributed by atoms with Crippen LogP contribution in [0.4, 0.5) is 0 Å². The Morgan fingerprint density at radius 1 is 1.43 bits per heavy atom. The smallest absolute Gasteiger partial charge is 0.225 e. The van der Waals surface area contributed by atoms with E-state index in [0.29, 0.717) is 6.54 Å². The standard InChI is InChI=1S/C14H23N3OS.2ClH/c1-9-12(19-10(2)17-9)8-16-13(18)11-6-4-5-7-14(11,3)15;;/h11H,4-8,15H2,1-3H3,(H,16,18);2*1H. The van der Waals surface area contributed by atoms with Gasteiger partial charge in [0.05, 0.1) is 23.2 Å². The monoisotopic (exact) mass is 353 g/mol. The van der Waals surface area contributed by atoms with Gasteiger partial charge < -0.3 is 11.1 Å². The summed E-state index contributed by atoms with van der Waals surface area (Å²) in [5.74, 6) is 0.0331. The van der Waals surface area contributed by atoms with E-state index in [1.165, 1.54) is 0 Å². The van der Waals surface area contributed by atoms with Gasteiger partial charge in [-0.05, 0) is 33.6 Å². The molecule has 1 aliphatic rings. The van der Waals surface area contributed by atoms with Crippen LogP contribution in [0.25, 0.3) is 0 Å². The number of hydrogen-bond donors (Lipinski definition) is 2. The van der Waals surface area contributed by atoms with Crippen LogP contribution < -0.4 is 11.1 Å². The molecule has 7 heteroatoms. The number of nitrogens with zero attached hydrogens (tertiary/aromatic N) is 1. The van der Waals surface area contributed by atoms with E-state index in [1.54, 1.807) is 11.3 Å². The lowest BCUT2D eigenvalue weighted by Crippen LogP contribution is -2.52. The Morgan fingerprint density at radius 2 is 2.10 bits per heavy atom. The average molecular weight is 354 g/mol. The van der Waals surface area contributed by atoms with E-state index in [-0.39, 0.29) is 42.2 Å². The van der Waals surface area contributed by atoms with Gasteiger partial charge in [0.15, 0.2) is 0 Å². The molecule has 21 heavy (non-hydrogen) atoms. The molecule has 0 spiro atoms. The number of nitrogens with two attached hydrogens (primary N) is 1. The lowest BCUT2D eigenvalue weighted by atomic mass is 9.74. The summed E-state index contributed by atoms with van der Waals surface area (Å²) in [6.07, 6.45) is 4.07. The molecular formula is C14H25Cl2N3OS. The van der Waals surface area contributed by atoms with Gasteiger partial charge in [0.25, 0.3) is 0 Å². The number of nitrogens with one attached hydrogen (secondary N) is 1. The zero-order chi connectivity index (χ0) is 14.0. The van der Waals surface area contributed by atoms with Crippen molar-refractivity contribution in [3.8, 4) is 0 Å². The third kappa shape index (κ3) is 5.09. The number of rotatable bonds is 3. The van der Waals surface area contributed by atoms with E-state index in [0.717, 1.165) is 41.3 Å². The van der Waals surface area contributed by atoms with Crippen molar-refractivity contribution in [2.24, 2.45) is 11.7 Å². The number of aromatic nitrogens is 1. The van der Waals surface area contributed by atoms with Gasteiger partial charge in [0, 0.05) is 10.4 Å². The van der Waals surface area contributed by atoms with Crippen molar-refractivity contribution in [1.82, 2.24) is 10.3 Å². The SMILES string of the molecule is Cc1nc(C)c(CNC(=O)C2CCCCC2(C)N)s1.Cl.Cl. The van der Waals surface area contributed by atoms with E-state index < -0.39 is 0 Å². The van der Waals surface area contributed by atoms with Crippen LogP contribution in [0.2, 0.25) is 0 Å². The lowest BCUT2D eigenvalue weighted by Gasteiger charge is -2.37. The summed E-state index contributed by atoms with van der Waals surface area (Å²) < 4.78 is 0. The molecule has 1 heterocycles. The molecule has 1 amide bonds. The highest BCUT2D eigenvalue weighted by atomic mass is 35.5. The Bertz CT molecular complexity index is 477. The van der Waals surface area contributed by atoms with Crippen molar-refractivity contribution in [1.29, 1.82) is 0 Å². The molecule has 1 aliphatic carbocycles. The summed E-state index contributed by atoms with van der Waals surface area (Å²) in [4.78, 5) is 17.8. The minimum atomic E-state index is -0.360. The van der Waals surface area contributed by atoms with Crippen LogP contribution in [0, 0.1) is 19.8 Å². The van der Waals surface area contributed by atoms with Crippen LogP contribution in [0.5, 0.6) is 0 Å². The number of thiazole rings is 1. The van der Waals surface area contributed by atoms with Gasteiger partial charge >= 0.3 is 0 Å². The van der Waals surface area contributed by atoms with Crippen molar-refractivity contribution in [3.63, 3.8) is 0 Å². The van der Waals surface area contributed by atoms with Gasteiger partial charge in [-0.1, -0.05) is 12.8 Å². The summed E-state index contributed by atoms with van der Waals surface area (Å²) in [5.41, 5.74) is 6.91. The fraction of sp³-hybridized carbons (Fsp3) is 0.714. The Morgan fingerprint density at radius 3 is 2.62 bits per heavy atom. The molecule has 0 aliphatic heterocycles. The highest BCUT2D eigenvalue weighted by Gasteiger charge is 2.37. The van der Waals surface area contributed by atoms with E-state index in [4.69, 9.17) is 5.73 Å². The molecule has 4 nitrogen and oxygen atoms in total. The lowest BCUT2D eigenvalue weighted by molar-refractivity contribution is -0.128. The number of hydrogen-bond acceptors (Lipinski definition) is 4. The molecule has 0 bridgehead atoms. The van der Waals surface area contributed by atoms with E-state index >= 15 is 0 Å². The van der Waals surface area contributed by atoms with Gasteiger partial charge in [-0.25, -0.2) is 4.98 Å². The molecule has 0 aromatic carbocycles. The predicted molar refractivity (Wildman–Crippen MR) is 92.5 cm³/mol. The maximum atomic E-state index is 12.3. The molecule has 2 atom stereocenters. The quantitative estimate of drug-likeness (QED) is 0.876. The molecule has 0 saturated heterocycles. The van der Waals surface area contributed by atoms with Crippen LogP contribution in [-0.2, 0) is 11.3 Å². The molecule has 3 N–H and O–H groups in total. The Labute approximate surface area is 143 Å². The first-order valence-corrected chi connectivity index (χ1v) is 7.71. The average Bonchev–Trinajstić information content (AvgIpc) is 2.64. The summed E-state index contributed by atoms with van der Waals surface area (Å²) in [6, 6.07) is 0. The summed E-state index contributed by atoms with van der Waals surface area (Å²) >= 11 is 1.65. The van der Waals surface area contributed by atoms with Crippen molar-refractivity contribution in [2.75, 3.05) is 0 Å². The second-order valence-electron chi connectivity index (χ2n) is 5.76. The number of halogens is 2. The highest BCUT2D eigenvalue weighted by molar-refractivity contribution is 7.11. The summed E-state index contributed by atoms with van der Waals surface area (Å²) in [5, 5.41) is 4.07. The van der Waals surface area contributed by atoms with Gasteiger partial charge in [-0.2, -0.15) is 0 Å². The summed E-state index contributed by atoms with van der Waals surface area (Å²) in [6.45, 7) is 6.54. The normalized spacial score (nSPS) is 24.7. The maximum absolute atomic E-state index is 12.3. The molecule has 1 fully saturated rings. The molecule has 2 rings (SSSR count). The van der Waals surface area contributed by atoms with Gasteiger partial charge in [-0.3, -0.25) is 4.79 Å². The second-order valence-corrected chi connectivity index (χ2v) is 7.05. The molecule has 1 saturated carbocycles. The zero-order valence-corrected chi connectivity index (χ0v) is 15.2. The van der Waals surface area contributed by atoms with Crippen LogP contribution >= 0.6 is 36.2 Å². The van der Waals surface area contributed by atoms with E-state index in [1.807, 2.05) is 20.8 Å². The first-order chi connectivity index (χ1) is 8.90. The largest absolute Gasteiger partial charge is 0.351 e. The predicted octanol–water partition coefficient (Wildman–Crippen LogP) is 3.13. The number of carbonyl (C=O) groups excluding carboxylic acids is 1. The second kappa shape index (κ2) is 8.32. The first-order valence-electron chi connectivity index (χ1n) is 6.89. The van der Waals surface area contributed by atoms with E-state index in [9.17, 15) is 4.79 Å². The minimum Gasteiger partial charge on any atom is -0.351 e. The zero-order valence-electron chi connectivity index (χ0n) is 12.8. The Hall–Kier alpha value is -0.360. The van der Waals surface area contributed by atoms with Gasteiger partial charge in [-0.15, -0.1) is 36.2 Å². The van der Waals surface area contributed by atoms with Crippen molar-refractivity contribution in [3.05, 3.63) is 15.6 Å². The minimum absolute atomic E-state index is 0. The molecule has 122 valence electrons. The number of carbonyl (C=O) groups is 1. The third-order valence-corrected chi connectivity index (χ3v) is 5.07. The molecule has 1 aromatic heterocycles. The van der Waals surface area contributed by atoms with Crippen LogP contribution in [-0.4, -0.2) is 16.4 Å². The maximum Gasteiger partial charge on any atom is 0.225 e. The summed E-state index contributed by atoms with van der Waals surface area (Å²) in [7, 11) is 0. The van der Waals surface area contributed by atoms with Crippen molar-refractivity contribution in [2.45, 2.75) is 58.5 Å². The van der Waals surface area contributed by atoms with Crippen LogP contribution in [0.15, 0.2) is 0 Å². The Balaban J connectivity index is 0.00000200. The van der Waals surface area contributed by atoms with Crippen LogP contribution in [0.3, 0.4) is 0 Å². The third-order valence-electron chi connectivity index (χ3n) is 3.99.